The molecule has 0 atom stereocenters. The predicted molar refractivity (Wildman–Crippen MR) is 72.0 cm³/mol. The maximum Gasteiger partial charge on any atom is 0.337 e. The lowest BCUT2D eigenvalue weighted by Crippen LogP contribution is -2.38. The van der Waals surface area contributed by atoms with Crippen LogP contribution in [0.3, 0.4) is 0 Å². The number of likely N-dealkylation sites (N-methyl/N-ethyl adjacent to an activating group) is 1. The van der Waals surface area contributed by atoms with E-state index in [0.717, 1.165) is 5.69 Å². The van der Waals surface area contributed by atoms with Gasteiger partial charge in [-0.3, -0.25) is 0 Å². The Labute approximate surface area is 107 Å². The van der Waals surface area contributed by atoms with Gasteiger partial charge in [0.1, 0.15) is 0 Å². The number of aromatic carboxylic acids is 1. The first-order valence-corrected chi connectivity index (χ1v) is 5.84. The summed E-state index contributed by atoms with van der Waals surface area (Å²) in [5.74, 6) is -1.04. The Morgan fingerprint density at radius 3 is 2.44 bits per heavy atom. The molecule has 1 rings (SSSR count). The molecule has 0 saturated carbocycles. The van der Waals surface area contributed by atoms with Crippen molar-refractivity contribution in [3.8, 4) is 0 Å². The molecule has 4 N–H and O–H groups in total. The van der Waals surface area contributed by atoms with Crippen LogP contribution in [-0.2, 0) is 0 Å². The number of hydrogen-bond acceptors (Lipinski definition) is 4. The smallest absolute Gasteiger partial charge is 0.337 e. The van der Waals surface area contributed by atoms with Crippen LogP contribution in [0.1, 0.15) is 31.1 Å². The number of hydrogen-bond donors (Lipinski definition) is 3. The van der Waals surface area contributed by atoms with E-state index in [0.29, 0.717) is 13.1 Å². The zero-order valence-electron chi connectivity index (χ0n) is 11.0. The number of rotatable bonds is 5. The van der Waals surface area contributed by atoms with Crippen LogP contribution in [0.2, 0.25) is 0 Å². The molecule has 0 heterocycles. The van der Waals surface area contributed by atoms with Crippen LogP contribution in [0, 0.1) is 0 Å². The topological polar surface area (TPSA) is 86.8 Å². The van der Waals surface area contributed by atoms with Crippen LogP contribution in [0.5, 0.6) is 0 Å². The van der Waals surface area contributed by atoms with E-state index in [4.69, 9.17) is 10.8 Å². The van der Waals surface area contributed by atoms with Gasteiger partial charge in [0.15, 0.2) is 0 Å². The SMILES string of the molecule is CCN(CC(C)(C)O)c1ccc(C(=O)O)c(N)c1. The van der Waals surface area contributed by atoms with Gasteiger partial charge < -0.3 is 20.8 Å². The molecule has 18 heavy (non-hydrogen) atoms. The lowest BCUT2D eigenvalue weighted by atomic mass is 10.1. The van der Waals surface area contributed by atoms with Crippen LogP contribution in [-0.4, -0.2) is 34.9 Å². The van der Waals surface area contributed by atoms with E-state index in [1.165, 1.54) is 6.07 Å². The number of carboxylic acid groups (broad SMARTS) is 1. The summed E-state index contributed by atoms with van der Waals surface area (Å²) < 4.78 is 0. The summed E-state index contributed by atoms with van der Waals surface area (Å²) in [6.07, 6.45) is 0. The van der Waals surface area contributed by atoms with Crippen molar-refractivity contribution in [1.82, 2.24) is 0 Å². The minimum Gasteiger partial charge on any atom is -0.478 e. The van der Waals surface area contributed by atoms with Gasteiger partial charge in [0, 0.05) is 24.5 Å². The van der Waals surface area contributed by atoms with Gasteiger partial charge in [-0.05, 0) is 39.0 Å². The van der Waals surface area contributed by atoms with E-state index in [1.807, 2.05) is 11.8 Å². The van der Waals surface area contributed by atoms with Crippen LogP contribution in [0.4, 0.5) is 11.4 Å². The zero-order valence-corrected chi connectivity index (χ0v) is 11.0. The average molecular weight is 252 g/mol. The molecule has 0 aliphatic rings. The molecule has 0 unspecified atom stereocenters. The highest BCUT2D eigenvalue weighted by Gasteiger charge is 2.18. The van der Waals surface area contributed by atoms with Crippen LogP contribution in [0.15, 0.2) is 18.2 Å². The maximum atomic E-state index is 10.9. The summed E-state index contributed by atoms with van der Waals surface area (Å²) in [6, 6.07) is 4.81. The molecule has 0 radical (unpaired) electrons. The molecule has 0 aromatic heterocycles. The average Bonchev–Trinajstić information content (AvgIpc) is 2.24. The summed E-state index contributed by atoms with van der Waals surface area (Å²) in [4.78, 5) is 12.8. The van der Waals surface area contributed by atoms with E-state index in [-0.39, 0.29) is 11.3 Å². The molecule has 0 saturated heterocycles. The molecule has 5 heteroatoms. The van der Waals surface area contributed by atoms with Crippen molar-refractivity contribution >= 4 is 17.3 Å². The lowest BCUT2D eigenvalue weighted by molar-refractivity contribution is 0.0697. The standard InChI is InChI=1S/C13H20N2O3/c1-4-15(8-13(2,3)18)9-5-6-10(12(16)17)11(14)7-9/h5-7,18H,4,8,14H2,1-3H3,(H,16,17). The maximum absolute atomic E-state index is 10.9. The quantitative estimate of drug-likeness (QED) is 0.692. The van der Waals surface area contributed by atoms with Gasteiger partial charge in [0.25, 0.3) is 0 Å². The van der Waals surface area contributed by atoms with Crippen molar-refractivity contribution < 1.29 is 15.0 Å². The van der Waals surface area contributed by atoms with Gasteiger partial charge in [-0.15, -0.1) is 0 Å². The number of carbonyl (C=O) groups is 1. The third-order valence-corrected chi connectivity index (χ3v) is 2.59. The number of nitrogens with zero attached hydrogens (tertiary/aromatic N) is 1. The van der Waals surface area contributed by atoms with Crippen molar-refractivity contribution in [2.75, 3.05) is 23.7 Å². The molecule has 5 nitrogen and oxygen atoms in total. The molecule has 100 valence electrons. The molecule has 0 amide bonds. The molecule has 1 aromatic rings. The summed E-state index contributed by atoms with van der Waals surface area (Å²) in [7, 11) is 0. The second kappa shape index (κ2) is 5.27. The van der Waals surface area contributed by atoms with Crippen molar-refractivity contribution in [2.45, 2.75) is 26.4 Å². The number of nitrogen functional groups attached to an aromatic ring is 1. The molecule has 0 bridgehead atoms. The van der Waals surface area contributed by atoms with Gasteiger partial charge in [-0.2, -0.15) is 0 Å². The van der Waals surface area contributed by atoms with Crippen molar-refractivity contribution in [3.05, 3.63) is 23.8 Å². The number of aliphatic hydroxyl groups is 1. The van der Waals surface area contributed by atoms with Crippen molar-refractivity contribution in [1.29, 1.82) is 0 Å². The second-order valence-electron chi connectivity index (χ2n) is 4.90. The van der Waals surface area contributed by atoms with Crippen LogP contribution < -0.4 is 10.6 Å². The Hall–Kier alpha value is -1.75. The predicted octanol–water partition coefficient (Wildman–Crippen LogP) is 1.56. The van der Waals surface area contributed by atoms with Crippen molar-refractivity contribution in [2.24, 2.45) is 0 Å². The number of anilines is 2. The Balaban J connectivity index is 3.01. The van der Waals surface area contributed by atoms with E-state index in [2.05, 4.69) is 0 Å². The highest BCUT2D eigenvalue weighted by Crippen LogP contribution is 2.23. The minimum atomic E-state index is -1.04. The van der Waals surface area contributed by atoms with Gasteiger partial charge >= 0.3 is 5.97 Å². The van der Waals surface area contributed by atoms with Crippen LogP contribution in [0.25, 0.3) is 0 Å². The number of benzene rings is 1. The minimum absolute atomic E-state index is 0.0954. The summed E-state index contributed by atoms with van der Waals surface area (Å²) in [6.45, 7) is 6.58. The van der Waals surface area contributed by atoms with Crippen molar-refractivity contribution in [3.63, 3.8) is 0 Å². The Kier molecular flexibility index (Phi) is 4.19. The Morgan fingerprint density at radius 1 is 1.44 bits per heavy atom. The molecule has 0 fully saturated rings. The van der Waals surface area contributed by atoms with E-state index < -0.39 is 11.6 Å². The third-order valence-electron chi connectivity index (χ3n) is 2.59. The first kappa shape index (κ1) is 14.3. The first-order chi connectivity index (χ1) is 8.24. The monoisotopic (exact) mass is 252 g/mol. The first-order valence-electron chi connectivity index (χ1n) is 5.84. The molecule has 0 spiro atoms. The molecule has 0 aliphatic heterocycles. The zero-order chi connectivity index (χ0) is 13.9. The Bertz CT molecular complexity index is 438. The van der Waals surface area contributed by atoms with Crippen LogP contribution >= 0.6 is 0 Å². The fourth-order valence-corrected chi connectivity index (χ4v) is 1.79. The number of nitrogens with two attached hydrogens (primary N) is 1. The lowest BCUT2D eigenvalue weighted by Gasteiger charge is -2.30. The fraction of sp³-hybridized carbons (Fsp3) is 0.462. The van der Waals surface area contributed by atoms with Gasteiger partial charge in [0.05, 0.1) is 11.2 Å². The van der Waals surface area contributed by atoms with Gasteiger partial charge in [-0.1, -0.05) is 0 Å². The summed E-state index contributed by atoms with van der Waals surface area (Å²) in [5.41, 5.74) is 6.02. The third kappa shape index (κ3) is 3.63. The van der Waals surface area contributed by atoms with Gasteiger partial charge in [-0.25, -0.2) is 4.79 Å². The molecular weight excluding hydrogens is 232 g/mol. The second-order valence-corrected chi connectivity index (χ2v) is 4.90. The number of carboxylic acids is 1. The summed E-state index contributed by atoms with van der Waals surface area (Å²) in [5, 5.41) is 18.7. The largest absolute Gasteiger partial charge is 0.478 e. The highest BCUT2D eigenvalue weighted by molar-refractivity contribution is 5.94. The molecule has 1 aromatic carbocycles. The van der Waals surface area contributed by atoms with E-state index in [1.54, 1.807) is 26.0 Å². The summed E-state index contributed by atoms with van der Waals surface area (Å²) >= 11 is 0. The molecule has 0 aliphatic carbocycles. The molecular formula is C13H20N2O3. The highest BCUT2D eigenvalue weighted by atomic mass is 16.4. The van der Waals surface area contributed by atoms with E-state index in [9.17, 15) is 9.90 Å². The Morgan fingerprint density at radius 2 is 2.06 bits per heavy atom. The fourth-order valence-electron chi connectivity index (χ4n) is 1.79. The normalized spacial score (nSPS) is 11.3. The van der Waals surface area contributed by atoms with Gasteiger partial charge in [0.2, 0.25) is 0 Å². The van der Waals surface area contributed by atoms with E-state index >= 15 is 0 Å².